The summed E-state index contributed by atoms with van der Waals surface area (Å²) in [5, 5.41) is 2.75. The Kier molecular flexibility index (Phi) is 5.33. The Hall–Kier alpha value is -1.88. The summed E-state index contributed by atoms with van der Waals surface area (Å²) >= 11 is 0. The summed E-state index contributed by atoms with van der Waals surface area (Å²) in [5.41, 5.74) is 0.757. The molecule has 1 saturated carbocycles. The van der Waals surface area contributed by atoms with Crippen LogP contribution >= 0.6 is 0 Å². The smallest absolute Gasteiger partial charge is 0.328 e. The molecule has 1 aromatic rings. The van der Waals surface area contributed by atoms with E-state index in [-0.39, 0.29) is 5.91 Å². The van der Waals surface area contributed by atoms with Gasteiger partial charge in [0.05, 0.1) is 7.11 Å². The first-order valence-electron chi connectivity index (χ1n) is 7.11. The summed E-state index contributed by atoms with van der Waals surface area (Å²) in [6.07, 6.45) is 2.12. The van der Waals surface area contributed by atoms with E-state index in [0.29, 0.717) is 12.3 Å². The number of carbonyl (C=O) groups excluding carboxylic acids is 2. The fraction of sp³-hybridized carbons (Fsp3) is 0.500. The van der Waals surface area contributed by atoms with Crippen LogP contribution < -0.4 is 5.32 Å². The van der Waals surface area contributed by atoms with Crippen LogP contribution in [0.15, 0.2) is 30.3 Å². The monoisotopic (exact) mass is 291 g/mol. The number of methoxy groups -OCH3 is 2. The minimum atomic E-state index is -0.724. The quantitative estimate of drug-likeness (QED) is 0.778. The number of nitrogens with one attached hydrogen (secondary N) is 1. The third kappa shape index (κ3) is 4.29. The highest BCUT2D eigenvalue weighted by Gasteiger charge is 2.32. The van der Waals surface area contributed by atoms with Crippen molar-refractivity contribution in [3.05, 3.63) is 35.9 Å². The largest absolute Gasteiger partial charge is 0.467 e. The van der Waals surface area contributed by atoms with Crippen molar-refractivity contribution in [3.63, 3.8) is 0 Å². The van der Waals surface area contributed by atoms with Crippen molar-refractivity contribution < 1.29 is 19.1 Å². The molecule has 114 valence electrons. The first-order valence-corrected chi connectivity index (χ1v) is 7.11. The van der Waals surface area contributed by atoms with Gasteiger partial charge < -0.3 is 14.8 Å². The highest BCUT2D eigenvalue weighted by atomic mass is 16.5. The minimum absolute atomic E-state index is 0.320. The molecule has 0 radical (unpaired) electrons. The molecule has 1 N–H and O–H groups in total. The van der Waals surface area contributed by atoms with E-state index in [1.165, 1.54) is 14.2 Å². The molecule has 0 aromatic heterocycles. The highest BCUT2D eigenvalue weighted by molar-refractivity contribution is 5.87. The lowest BCUT2D eigenvalue weighted by Gasteiger charge is -2.20. The van der Waals surface area contributed by atoms with Gasteiger partial charge in [-0.2, -0.15) is 0 Å². The normalized spacial score (nSPS) is 16.9. The molecule has 1 fully saturated rings. The van der Waals surface area contributed by atoms with Gasteiger partial charge in [0.15, 0.2) is 6.10 Å². The molecule has 2 atom stereocenters. The molecular formula is C16H21NO4. The first kappa shape index (κ1) is 15.5. The third-order valence-corrected chi connectivity index (χ3v) is 3.64. The van der Waals surface area contributed by atoms with Crippen LogP contribution in [0.25, 0.3) is 0 Å². The number of rotatable bonds is 7. The van der Waals surface area contributed by atoms with E-state index in [2.05, 4.69) is 5.32 Å². The molecule has 5 nitrogen and oxygen atoms in total. The van der Waals surface area contributed by atoms with Crippen molar-refractivity contribution >= 4 is 11.9 Å². The molecule has 21 heavy (non-hydrogen) atoms. The molecule has 0 aliphatic heterocycles. The van der Waals surface area contributed by atoms with Gasteiger partial charge in [-0.05, 0) is 17.9 Å². The van der Waals surface area contributed by atoms with Crippen LogP contribution in [0.2, 0.25) is 0 Å². The van der Waals surface area contributed by atoms with Gasteiger partial charge in [-0.25, -0.2) is 4.79 Å². The molecule has 0 bridgehead atoms. The van der Waals surface area contributed by atoms with Gasteiger partial charge in [-0.3, -0.25) is 4.79 Å². The standard InChI is InChI=1S/C16H21NO4/c1-20-14(12-6-4-3-5-7-12)15(18)17-13(16(19)21-2)10-11-8-9-11/h3-7,11,13-14H,8-10H2,1-2H3,(H,17,18)/t13-,14-/m0/s1. The van der Waals surface area contributed by atoms with Crippen LogP contribution in [0.4, 0.5) is 0 Å². The zero-order valence-electron chi connectivity index (χ0n) is 12.4. The Balaban J connectivity index is 2.03. The predicted octanol–water partition coefficient (Wildman–Crippen LogP) is 1.83. The average molecular weight is 291 g/mol. The zero-order valence-corrected chi connectivity index (χ0v) is 12.4. The second-order valence-corrected chi connectivity index (χ2v) is 5.29. The number of ether oxygens (including phenoxy) is 2. The fourth-order valence-electron chi connectivity index (χ4n) is 2.31. The molecule has 1 aliphatic rings. The van der Waals surface area contributed by atoms with Gasteiger partial charge in [0, 0.05) is 7.11 Å². The third-order valence-electron chi connectivity index (χ3n) is 3.64. The number of hydrogen-bond donors (Lipinski definition) is 1. The second kappa shape index (κ2) is 7.22. The molecule has 0 unspecified atom stereocenters. The average Bonchev–Trinajstić information content (AvgIpc) is 3.31. The van der Waals surface area contributed by atoms with E-state index in [9.17, 15) is 9.59 Å². The van der Waals surface area contributed by atoms with Gasteiger partial charge in [-0.1, -0.05) is 43.2 Å². The summed E-state index contributed by atoms with van der Waals surface area (Å²) in [4.78, 5) is 24.1. The summed E-state index contributed by atoms with van der Waals surface area (Å²) in [6.45, 7) is 0. The molecule has 0 saturated heterocycles. The lowest BCUT2D eigenvalue weighted by atomic mass is 10.1. The maximum absolute atomic E-state index is 12.4. The molecule has 2 rings (SSSR count). The van der Waals surface area contributed by atoms with Crippen molar-refractivity contribution in [1.29, 1.82) is 0 Å². The van der Waals surface area contributed by atoms with E-state index in [1.807, 2.05) is 30.3 Å². The summed E-state index contributed by atoms with van der Waals surface area (Å²) in [7, 11) is 2.81. The van der Waals surface area contributed by atoms with Gasteiger partial charge in [0.2, 0.25) is 0 Å². The molecule has 5 heteroatoms. The topological polar surface area (TPSA) is 64.6 Å². The van der Waals surface area contributed by atoms with Crippen molar-refractivity contribution in [1.82, 2.24) is 5.32 Å². The number of carbonyl (C=O) groups is 2. The summed E-state index contributed by atoms with van der Waals surface area (Å²) < 4.78 is 10.0. The van der Waals surface area contributed by atoms with Crippen LogP contribution in [0.1, 0.15) is 30.9 Å². The first-order chi connectivity index (χ1) is 10.2. The Morgan fingerprint density at radius 1 is 1.24 bits per heavy atom. The van der Waals surface area contributed by atoms with Crippen LogP contribution in [-0.4, -0.2) is 32.1 Å². The van der Waals surface area contributed by atoms with Crippen molar-refractivity contribution in [2.24, 2.45) is 5.92 Å². The van der Waals surface area contributed by atoms with E-state index in [1.54, 1.807) is 0 Å². The molecule has 0 heterocycles. The predicted molar refractivity (Wildman–Crippen MR) is 77.5 cm³/mol. The summed E-state index contributed by atoms with van der Waals surface area (Å²) in [6, 6.07) is 8.60. The number of benzene rings is 1. The number of amides is 1. The van der Waals surface area contributed by atoms with Crippen LogP contribution in [-0.2, 0) is 19.1 Å². The van der Waals surface area contributed by atoms with E-state index >= 15 is 0 Å². The van der Waals surface area contributed by atoms with Crippen molar-refractivity contribution in [2.75, 3.05) is 14.2 Å². The molecule has 1 aliphatic carbocycles. The van der Waals surface area contributed by atoms with Gasteiger partial charge in [0.1, 0.15) is 6.04 Å². The number of esters is 1. The van der Waals surface area contributed by atoms with Crippen LogP contribution in [0.5, 0.6) is 0 Å². The Morgan fingerprint density at radius 3 is 2.43 bits per heavy atom. The Morgan fingerprint density at radius 2 is 1.90 bits per heavy atom. The van der Waals surface area contributed by atoms with E-state index in [0.717, 1.165) is 18.4 Å². The van der Waals surface area contributed by atoms with E-state index in [4.69, 9.17) is 9.47 Å². The second-order valence-electron chi connectivity index (χ2n) is 5.29. The lowest BCUT2D eigenvalue weighted by molar-refractivity contribution is -0.147. The van der Waals surface area contributed by atoms with Gasteiger partial charge in [0.25, 0.3) is 5.91 Å². The maximum atomic E-state index is 12.4. The minimum Gasteiger partial charge on any atom is -0.467 e. The molecule has 1 aromatic carbocycles. The zero-order chi connectivity index (χ0) is 15.2. The SMILES string of the molecule is COC(=O)[C@H](CC1CC1)NC(=O)[C@@H](OC)c1ccccc1. The molecular weight excluding hydrogens is 270 g/mol. The number of hydrogen-bond acceptors (Lipinski definition) is 4. The van der Waals surface area contributed by atoms with Crippen molar-refractivity contribution in [2.45, 2.75) is 31.4 Å². The Labute approximate surface area is 124 Å². The van der Waals surface area contributed by atoms with Gasteiger partial charge in [-0.15, -0.1) is 0 Å². The summed E-state index contributed by atoms with van der Waals surface area (Å²) in [5.74, 6) is -0.218. The van der Waals surface area contributed by atoms with Gasteiger partial charge >= 0.3 is 5.97 Å². The molecule has 0 spiro atoms. The van der Waals surface area contributed by atoms with E-state index < -0.39 is 18.1 Å². The Bertz CT molecular complexity index is 484. The fourth-order valence-corrected chi connectivity index (χ4v) is 2.31. The van der Waals surface area contributed by atoms with Crippen LogP contribution in [0.3, 0.4) is 0 Å². The maximum Gasteiger partial charge on any atom is 0.328 e. The van der Waals surface area contributed by atoms with Crippen molar-refractivity contribution in [3.8, 4) is 0 Å². The molecule has 1 amide bonds. The highest BCUT2D eigenvalue weighted by Crippen LogP contribution is 2.33. The lowest BCUT2D eigenvalue weighted by Crippen LogP contribution is -2.44. The van der Waals surface area contributed by atoms with Crippen LogP contribution in [0, 0.1) is 5.92 Å².